The average molecular weight is 318 g/mol. The molecule has 0 bridgehead atoms. The van der Waals surface area contributed by atoms with Crippen molar-refractivity contribution in [2.45, 2.75) is 26.7 Å². The summed E-state index contributed by atoms with van der Waals surface area (Å²) in [6.45, 7) is 5.64. The second-order valence-corrected chi connectivity index (χ2v) is 5.25. The standard InChI is InChI=1S/C22H22O2/c1-3-17-23-21-13-9-19(10-14-21)7-5-6-8-20-11-15-22(16-12-20)24-18-4-2/h9-16H,3-4,17-18H2,1-2H3. The van der Waals surface area contributed by atoms with Gasteiger partial charge in [0.25, 0.3) is 0 Å². The van der Waals surface area contributed by atoms with Crippen LogP contribution in [0.15, 0.2) is 48.5 Å². The van der Waals surface area contributed by atoms with Gasteiger partial charge in [0, 0.05) is 11.1 Å². The zero-order valence-electron chi connectivity index (χ0n) is 14.3. The molecule has 2 nitrogen and oxygen atoms in total. The maximum atomic E-state index is 5.54. The third kappa shape index (κ3) is 6.11. The van der Waals surface area contributed by atoms with Crippen LogP contribution in [0.2, 0.25) is 0 Å². The highest BCUT2D eigenvalue weighted by Gasteiger charge is 1.93. The van der Waals surface area contributed by atoms with Crippen molar-refractivity contribution in [3.8, 4) is 35.2 Å². The molecule has 2 aromatic carbocycles. The molecule has 2 rings (SSSR count). The molecule has 0 aliphatic rings. The molecule has 0 radical (unpaired) electrons. The summed E-state index contributed by atoms with van der Waals surface area (Å²) >= 11 is 0. The zero-order valence-corrected chi connectivity index (χ0v) is 14.3. The van der Waals surface area contributed by atoms with E-state index in [1.165, 1.54) is 0 Å². The van der Waals surface area contributed by atoms with E-state index < -0.39 is 0 Å². The van der Waals surface area contributed by atoms with Crippen molar-refractivity contribution in [1.82, 2.24) is 0 Å². The molecule has 0 heterocycles. The molecule has 0 fully saturated rings. The van der Waals surface area contributed by atoms with Crippen LogP contribution in [0.4, 0.5) is 0 Å². The molecule has 0 N–H and O–H groups in total. The Hall–Kier alpha value is -2.84. The van der Waals surface area contributed by atoms with Gasteiger partial charge in [-0.1, -0.05) is 25.7 Å². The third-order valence-electron chi connectivity index (χ3n) is 3.13. The lowest BCUT2D eigenvalue weighted by atomic mass is 10.2. The van der Waals surface area contributed by atoms with Crippen molar-refractivity contribution in [1.29, 1.82) is 0 Å². The summed E-state index contributed by atoms with van der Waals surface area (Å²) in [5, 5.41) is 0. The van der Waals surface area contributed by atoms with Crippen molar-refractivity contribution >= 4 is 0 Å². The van der Waals surface area contributed by atoms with E-state index in [9.17, 15) is 0 Å². The van der Waals surface area contributed by atoms with E-state index in [1.54, 1.807) is 0 Å². The molecule has 0 aliphatic carbocycles. The summed E-state index contributed by atoms with van der Waals surface area (Å²) in [6, 6.07) is 15.5. The van der Waals surface area contributed by atoms with Gasteiger partial charge in [-0.3, -0.25) is 0 Å². The Morgan fingerprint density at radius 2 is 1.00 bits per heavy atom. The monoisotopic (exact) mass is 318 g/mol. The molecule has 0 unspecified atom stereocenters. The third-order valence-corrected chi connectivity index (χ3v) is 3.13. The Bertz CT molecular complexity index is 668. The van der Waals surface area contributed by atoms with E-state index in [0.29, 0.717) is 0 Å². The summed E-state index contributed by atoms with van der Waals surface area (Å²) in [5.74, 6) is 13.6. The summed E-state index contributed by atoms with van der Waals surface area (Å²) in [4.78, 5) is 0. The van der Waals surface area contributed by atoms with Crippen LogP contribution >= 0.6 is 0 Å². The molecule has 0 aromatic heterocycles. The Balaban J connectivity index is 1.92. The first-order valence-corrected chi connectivity index (χ1v) is 8.29. The van der Waals surface area contributed by atoms with E-state index in [0.717, 1.165) is 48.7 Å². The maximum Gasteiger partial charge on any atom is 0.119 e. The SMILES string of the molecule is CCCOc1ccc(C#CC#Cc2ccc(OCCC)cc2)cc1. The van der Waals surface area contributed by atoms with Gasteiger partial charge in [-0.2, -0.15) is 0 Å². The fourth-order valence-corrected chi connectivity index (χ4v) is 1.92. The van der Waals surface area contributed by atoms with E-state index in [4.69, 9.17) is 9.47 Å². The second kappa shape index (κ2) is 10.0. The largest absolute Gasteiger partial charge is 0.494 e. The van der Waals surface area contributed by atoms with Crippen LogP contribution in [0, 0.1) is 23.7 Å². The lowest BCUT2D eigenvalue weighted by Gasteiger charge is -2.03. The molecule has 0 spiro atoms. The van der Waals surface area contributed by atoms with Crippen molar-refractivity contribution in [3.05, 3.63) is 59.7 Å². The predicted molar refractivity (Wildman–Crippen MR) is 98.2 cm³/mol. The second-order valence-electron chi connectivity index (χ2n) is 5.25. The Morgan fingerprint density at radius 3 is 1.33 bits per heavy atom. The molecule has 2 aromatic rings. The minimum absolute atomic E-state index is 0.735. The van der Waals surface area contributed by atoms with E-state index >= 15 is 0 Å². The topological polar surface area (TPSA) is 18.5 Å². The van der Waals surface area contributed by atoms with Crippen LogP contribution in [-0.4, -0.2) is 13.2 Å². The summed E-state index contributed by atoms with van der Waals surface area (Å²) in [6.07, 6.45) is 2.01. The Labute approximate surface area is 144 Å². The maximum absolute atomic E-state index is 5.54. The molecule has 122 valence electrons. The highest BCUT2D eigenvalue weighted by molar-refractivity contribution is 5.46. The fourth-order valence-electron chi connectivity index (χ4n) is 1.92. The van der Waals surface area contributed by atoms with Crippen LogP contribution in [0.1, 0.15) is 37.8 Å². The van der Waals surface area contributed by atoms with E-state index in [-0.39, 0.29) is 0 Å². The lowest BCUT2D eigenvalue weighted by Crippen LogP contribution is -1.94. The van der Waals surface area contributed by atoms with Crippen molar-refractivity contribution in [2.24, 2.45) is 0 Å². The van der Waals surface area contributed by atoms with Gasteiger partial charge in [-0.05, 0) is 73.2 Å². The highest BCUT2D eigenvalue weighted by Crippen LogP contribution is 2.12. The van der Waals surface area contributed by atoms with Crippen molar-refractivity contribution in [2.75, 3.05) is 13.2 Å². The van der Waals surface area contributed by atoms with Gasteiger partial charge in [-0.25, -0.2) is 0 Å². The summed E-state index contributed by atoms with van der Waals surface area (Å²) in [5.41, 5.74) is 1.85. The summed E-state index contributed by atoms with van der Waals surface area (Å²) < 4.78 is 11.1. The molecule has 2 heteroatoms. The van der Waals surface area contributed by atoms with Crippen LogP contribution < -0.4 is 9.47 Å². The normalized spacial score (nSPS) is 9.25. The molecule has 0 aliphatic heterocycles. The number of benzene rings is 2. The van der Waals surface area contributed by atoms with Gasteiger partial charge < -0.3 is 9.47 Å². The first kappa shape index (κ1) is 17.5. The van der Waals surface area contributed by atoms with Gasteiger partial charge >= 0.3 is 0 Å². The molecule has 0 amide bonds. The number of rotatable bonds is 6. The minimum atomic E-state index is 0.735. The first-order chi connectivity index (χ1) is 11.8. The first-order valence-electron chi connectivity index (χ1n) is 8.29. The minimum Gasteiger partial charge on any atom is -0.494 e. The number of hydrogen-bond acceptors (Lipinski definition) is 2. The van der Waals surface area contributed by atoms with E-state index in [2.05, 4.69) is 37.5 Å². The Kier molecular flexibility index (Phi) is 7.32. The van der Waals surface area contributed by atoms with Gasteiger partial charge in [0.15, 0.2) is 0 Å². The van der Waals surface area contributed by atoms with Gasteiger partial charge in [-0.15, -0.1) is 0 Å². The van der Waals surface area contributed by atoms with Gasteiger partial charge in [0.1, 0.15) is 11.5 Å². The van der Waals surface area contributed by atoms with Crippen molar-refractivity contribution < 1.29 is 9.47 Å². The highest BCUT2D eigenvalue weighted by atomic mass is 16.5. The zero-order chi connectivity index (χ0) is 17.0. The smallest absolute Gasteiger partial charge is 0.119 e. The van der Waals surface area contributed by atoms with Gasteiger partial charge in [0.05, 0.1) is 13.2 Å². The van der Waals surface area contributed by atoms with Crippen LogP contribution in [0.25, 0.3) is 0 Å². The molecular weight excluding hydrogens is 296 g/mol. The fraction of sp³-hybridized carbons (Fsp3) is 0.273. The molecule has 24 heavy (non-hydrogen) atoms. The van der Waals surface area contributed by atoms with Crippen LogP contribution in [-0.2, 0) is 0 Å². The molecular formula is C22H22O2. The quantitative estimate of drug-likeness (QED) is 0.721. The van der Waals surface area contributed by atoms with Crippen LogP contribution in [0.5, 0.6) is 11.5 Å². The lowest BCUT2D eigenvalue weighted by molar-refractivity contribution is 0.317. The average Bonchev–Trinajstić information content (AvgIpc) is 2.64. The van der Waals surface area contributed by atoms with Crippen LogP contribution in [0.3, 0.4) is 0 Å². The predicted octanol–water partition coefficient (Wildman–Crippen LogP) is 4.67. The van der Waals surface area contributed by atoms with Gasteiger partial charge in [0.2, 0.25) is 0 Å². The van der Waals surface area contributed by atoms with Crippen molar-refractivity contribution in [3.63, 3.8) is 0 Å². The Morgan fingerprint density at radius 1 is 0.625 bits per heavy atom. The summed E-state index contributed by atoms with van der Waals surface area (Å²) in [7, 11) is 0. The number of hydrogen-bond donors (Lipinski definition) is 0. The number of ether oxygens (including phenoxy) is 2. The molecule has 0 saturated carbocycles. The molecule has 0 atom stereocenters. The molecule has 0 saturated heterocycles. The van der Waals surface area contributed by atoms with E-state index in [1.807, 2.05) is 48.5 Å².